The third-order valence-corrected chi connectivity index (χ3v) is 2.29. The Morgan fingerprint density at radius 3 is 2.43 bits per heavy atom. The summed E-state index contributed by atoms with van der Waals surface area (Å²) in [7, 11) is 2.08. The predicted molar refractivity (Wildman–Crippen MR) is 60.2 cm³/mol. The lowest BCUT2D eigenvalue weighted by molar-refractivity contribution is -0.130. The van der Waals surface area contributed by atoms with E-state index in [0.29, 0.717) is 6.04 Å². The van der Waals surface area contributed by atoms with Gasteiger partial charge in [-0.1, -0.05) is 20.4 Å². The van der Waals surface area contributed by atoms with E-state index in [1.807, 2.05) is 18.7 Å². The molecule has 1 heterocycles. The Morgan fingerprint density at radius 1 is 1.43 bits per heavy atom. The van der Waals surface area contributed by atoms with Gasteiger partial charge in [0.15, 0.2) is 0 Å². The van der Waals surface area contributed by atoms with Crippen molar-refractivity contribution >= 4 is 5.91 Å². The van der Waals surface area contributed by atoms with Gasteiger partial charge < -0.3 is 9.80 Å². The summed E-state index contributed by atoms with van der Waals surface area (Å²) in [6.07, 6.45) is 1.39. The van der Waals surface area contributed by atoms with Crippen molar-refractivity contribution in [3.63, 3.8) is 0 Å². The first-order chi connectivity index (χ1) is 6.65. The van der Waals surface area contributed by atoms with Gasteiger partial charge in [0.25, 0.3) is 0 Å². The van der Waals surface area contributed by atoms with Gasteiger partial charge in [0.2, 0.25) is 5.91 Å². The highest BCUT2D eigenvalue weighted by Gasteiger charge is 2.23. The smallest absolute Gasteiger partial charge is 0.246 e. The molecule has 1 amide bonds. The average Bonchev–Trinajstić information content (AvgIpc) is 2.20. The summed E-state index contributed by atoms with van der Waals surface area (Å²) in [5.41, 5.74) is 0. The molecule has 0 N–H and O–H groups in total. The number of carbonyl (C=O) groups is 1. The molecule has 3 heteroatoms. The Kier molecular flexibility index (Phi) is 6.21. The van der Waals surface area contributed by atoms with Crippen molar-refractivity contribution in [2.24, 2.45) is 0 Å². The number of rotatable bonds is 1. The summed E-state index contributed by atoms with van der Waals surface area (Å²) < 4.78 is 0. The summed E-state index contributed by atoms with van der Waals surface area (Å²) >= 11 is 0. The number of piperazine rings is 1. The molecule has 0 aromatic rings. The molecule has 1 aliphatic heterocycles. The fourth-order valence-electron chi connectivity index (χ4n) is 1.58. The maximum Gasteiger partial charge on any atom is 0.246 e. The summed E-state index contributed by atoms with van der Waals surface area (Å²) in [5, 5.41) is 0. The molecule has 1 unspecified atom stereocenters. The second-order valence-electron chi connectivity index (χ2n) is 3.35. The van der Waals surface area contributed by atoms with Gasteiger partial charge in [-0.05, 0) is 20.0 Å². The lowest BCUT2D eigenvalue weighted by Gasteiger charge is -2.37. The van der Waals surface area contributed by atoms with Crippen molar-refractivity contribution < 1.29 is 4.79 Å². The number of carbonyl (C=O) groups excluding carboxylic acids is 1. The van der Waals surface area contributed by atoms with Gasteiger partial charge in [-0.15, -0.1) is 0 Å². The van der Waals surface area contributed by atoms with Gasteiger partial charge in [-0.3, -0.25) is 4.79 Å². The molecule has 1 aliphatic rings. The molecule has 3 nitrogen and oxygen atoms in total. The first kappa shape index (κ1) is 13.2. The van der Waals surface area contributed by atoms with Crippen LogP contribution in [0.5, 0.6) is 0 Å². The van der Waals surface area contributed by atoms with E-state index in [4.69, 9.17) is 0 Å². The first-order valence-electron chi connectivity index (χ1n) is 5.26. The molecule has 82 valence electrons. The Balaban J connectivity index is 0.000000791. The van der Waals surface area contributed by atoms with Gasteiger partial charge in [0, 0.05) is 25.7 Å². The van der Waals surface area contributed by atoms with Crippen LogP contribution in [-0.2, 0) is 4.79 Å². The van der Waals surface area contributed by atoms with E-state index in [1.165, 1.54) is 6.08 Å². The van der Waals surface area contributed by atoms with Crippen LogP contribution in [0.25, 0.3) is 0 Å². The molecule has 0 saturated carbocycles. The Morgan fingerprint density at radius 2 is 2.00 bits per heavy atom. The number of amides is 1. The number of hydrogen-bond acceptors (Lipinski definition) is 2. The second kappa shape index (κ2) is 6.60. The zero-order chi connectivity index (χ0) is 11.1. The first-order valence-corrected chi connectivity index (χ1v) is 5.26. The quantitative estimate of drug-likeness (QED) is 0.594. The zero-order valence-corrected chi connectivity index (χ0v) is 9.79. The molecular formula is C11H22N2O. The molecule has 1 rings (SSSR count). The van der Waals surface area contributed by atoms with E-state index in [9.17, 15) is 4.79 Å². The van der Waals surface area contributed by atoms with E-state index < -0.39 is 0 Å². The molecule has 0 aliphatic carbocycles. The predicted octanol–water partition coefficient (Wildman–Crippen LogP) is 1.36. The molecule has 1 atom stereocenters. The third-order valence-electron chi connectivity index (χ3n) is 2.29. The van der Waals surface area contributed by atoms with Crippen LogP contribution in [-0.4, -0.2) is 48.4 Å². The van der Waals surface area contributed by atoms with Crippen LogP contribution < -0.4 is 0 Å². The van der Waals surface area contributed by atoms with Gasteiger partial charge in [-0.2, -0.15) is 0 Å². The number of likely N-dealkylation sites (N-methyl/N-ethyl adjacent to an activating group) is 1. The van der Waals surface area contributed by atoms with Gasteiger partial charge in [0.1, 0.15) is 0 Å². The van der Waals surface area contributed by atoms with E-state index in [0.717, 1.165) is 19.6 Å². The SMILES string of the molecule is C=CC(=O)N1CCN(C)CC1C.CC. The third kappa shape index (κ3) is 3.50. The van der Waals surface area contributed by atoms with Crippen molar-refractivity contribution in [1.82, 2.24) is 9.80 Å². The lowest BCUT2D eigenvalue weighted by atomic mass is 10.2. The van der Waals surface area contributed by atoms with Gasteiger partial charge >= 0.3 is 0 Å². The molecule has 14 heavy (non-hydrogen) atoms. The normalized spacial score (nSPS) is 22.3. The minimum atomic E-state index is 0.0515. The van der Waals surface area contributed by atoms with E-state index in [-0.39, 0.29) is 5.91 Å². The van der Waals surface area contributed by atoms with Crippen molar-refractivity contribution in [1.29, 1.82) is 0 Å². The summed E-state index contributed by atoms with van der Waals surface area (Å²) in [4.78, 5) is 15.4. The molecule has 0 aromatic carbocycles. The average molecular weight is 198 g/mol. The summed E-state index contributed by atoms with van der Waals surface area (Å²) in [6, 6.07) is 0.314. The van der Waals surface area contributed by atoms with Crippen molar-refractivity contribution in [3.8, 4) is 0 Å². The molecule has 0 aromatic heterocycles. The molecule has 0 bridgehead atoms. The molecule has 0 spiro atoms. The van der Waals surface area contributed by atoms with E-state index >= 15 is 0 Å². The Bertz CT molecular complexity index is 192. The van der Waals surface area contributed by atoms with Crippen LogP contribution in [0.15, 0.2) is 12.7 Å². The second-order valence-corrected chi connectivity index (χ2v) is 3.35. The lowest BCUT2D eigenvalue weighted by Crippen LogP contribution is -2.52. The van der Waals surface area contributed by atoms with Gasteiger partial charge in [0.05, 0.1) is 0 Å². The van der Waals surface area contributed by atoms with E-state index in [1.54, 1.807) is 0 Å². The largest absolute Gasteiger partial charge is 0.334 e. The van der Waals surface area contributed by atoms with Crippen LogP contribution in [0, 0.1) is 0 Å². The fourth-order valence-corrected chi connectivity index (χ4v) is 1.58. The van der Waals surface area contributed by atoms with Crippen molar-refractivity contribution in [3.05, 3.63) is 12.7 Å². The van der Waals surface area contributed by atoms with Gasteiger partial charge in [-0.25, -0.2) is 0 Å². The highest BCUT2D eigenvalue weighted by Crippen LogP contribution is 2.07. The Hall–Kier alpha value is -0.830. The number of hydrogen-bond donors (Lipinski definition) is 0. The monoisotopic (exact) mass is 198 g/mol. The van der Waals surface area contributed by atoms with Crippen LogP contribution in [0.3, 0.4) is 0 Å². The summed E-state index contributed by atoms with van der Waals surface area (Å²) in [5.74, 6) is 0.0515. The highest BCUT2D eigenvalue weighted by atomic mass is 16.2. The molecular weight excluding hydrogens is 176 g/mol. The topological polar surface area (TPSA) is 23.6 Å². The standard InChI is InChI=1S/C9H16N2O.C2H6/c1-4-9(12)11-6-5-10(3)7-8(11)2;1-2/h4,8H,1,5-7H2,2-3H3;1-2H3. The zero-order valence-electron chi connectivity index (χ0n) is 9.79. The molecule has 0 radical (unpaired) electrons. The number of nitrogens with zero attached hydrogens (tertiary/aromatic N) is 2. The fraction of sp³-hybridized carbons (Fsp3) is 0.727. The van der Waals surface area contributed by atoms with E-state index in [2.05, 4.69) is 25.5 Å². The van der Waals surface area contributed by atoms with Crippen LogP contribution in [0.1, 0.15) is 20.8 Å². The molecule has 1 saturated heterocycles. The maximum atomic E-state index is 11.3. The van der Waals surface area contributed by atoms with Crippen molar-refractivity contribution in [2.45, 2.75) is 26.8 Å². The minimum Gasteiger partial charge on any atom is -0.334 e. The molecule has 1 fully saturated rings. The summed E-state index contributed by atoms with van der Waals surface area (Å²) in [6.45, 7) is 12.3. The highest BCUT2D eigenvalue weighted by molar-refractivity contribution is 5.87. The van der Waals surface area contributed by atoms with Crippen molar-refractivity contribution in [2.75, 3.05) is 26.7 Å². The van der Waals surface area contributed by atoms with Crippen LogP contribution in [0.4, 0.5) is 0 Å². The van der Waals surface area contributed by atoms with Crippen LogP contribution >= 0.6 is 0 Å². The maximum absolute atomic E-state index is 11.3. The van der Waals surface area contributed by atoms with Crippen LogP contribution in [0.2, 0.25) is 0 Å². The minimum absolute atomic E-state index is 0.0515. The Labute approximate surface area is 87.4 Å².